The van der Waals surface area contributed by atoms with Crippen molar-refractivity contribution >= 4 is 5.97 Å². The minimum atomic E-state index is -0.696. The monoisotopic (exact) mass is 221 g/mol. The maximum atomic E-state index is 10.9. The lowest BCUT2D eigenvalue weighted by Crippen LogP contribution is -2.38. The Kier molecular flexibility index (Phi) is 3.46. The van der Waals surface area contributed by atoms with Crippen molar-refractivity contribution in [2.75, 3.05) is 13.1 Å². The highest BCUT2D eigenvalue weighted by Gasteiger charge is 2.25. The van der Waals surface area contributed by atoms with Crippen LogP contribution in [0.4, 0.5) is 0 Å². The molecule has 1 aromatic heterocycles. The van der Waals surface area contributed by atoms with Crippen LogP contribution < -0.4 is 0 Å². The normalized spacial score (nSPS) is 21.9. The smallest absolute Gasteiger partial charge is 0.307 e. The lowest BCUT2D eigenvalue weighted by Gasteiger charge is -2.29. The molecule has 5 nitrogen and oxygen atoms in total. The van der Waals surface area contributed by atoms with Crippen molar-refractivity contribution in [2.24, 2.45) is 5.92 Å². The maximum absolute atomic E-state index is 10.9. The van der Waals surface area contributed by atoms with E-state index < -0.39 is 5.97 Å². The molecule has 0 aliphatic carbocycles. The Labute approximate surface area is 94.1 Å². The zero-order chi connectivity index (χ0) is 11.4. The molecule has 0 spiro atoms. The summed E-state index contributed by atoms with van der Waals surface area (Å²) < 4.78 is 0. The number of hydrogen-bond acceptors (Lipinski definition) is 4. The third kappa shape index (κ3) is 2.76. The number of nitrogens with zero attached hydrogens (tertiary/aromatic N) is 3. The zero-order valence-corrected chi connectivity index (χ0v) is 9.04. The molecule has 1 aliphatic rings. The Bertz CT molecular complexity index is 356. The Morgan fingerprint density at radius 3 is 2.94 bits per heavy atom. The lowest BCUT2D eigenvalue weighted by atomic mass is 9.98. The van der Waals surface area contributed by atoms with Gasteiger partial charge in [0.2, 0.25) is 0 Å². The van der Waals surface area contributed by atoms with Crippen molar-refractivity contribution < 1.29 is 9.90 Å². The molecule has 1 aliphatic heterocycles. The first-order valence-electron chi connectivity index (χ1n) is 5.47. The molecule has 1 aromatic rings. The van der Waals surface area contributed by atoms with E-state index in [9.17, 15) is 4.79 Å². The summed E-state index contributed by atoms with van der Waals surface area (Å²) in [6.45, 7) is 2.18. The first-order valence-corrected chi connectivity index (χ1v) is 5.47. The van der Waals surface area contributed by atoms with Crippen LogP contribution in [0.2, 0.25) is 0 Å². The van der Waals surface area contributed by atoms with Crippen LogP contribution in [0, 0.1) is 5.92 Å². The molecular formula is C11H15N3O2. The summed E-state index contributed by atoms with van der Waals surface area (Å²) in [5.41, 5.74) is 0. The van der Waals surface area contributed by atoms with Gasteiger partial charge in [0.25, 0.3) is 0 Å². The van der Waals surface area contributed by atoms with Gasteiger partial charge in [0.15, 0.2) is 0 Å². The molecule has 86 valence electrons. The summed E-state index contributed by atoms with van der Waals surface area (Å²) in [6.07, 6.45) is 5.13. The topological polar surface area (TPSA) is 66.3 Å². The minimum absolute atomic E-state index is 0.238. The van der Waals surface area contributed by atoms with Gasteiger partial charge in [-0.3, -0.25) is 9.69 Å². The van der Waals surface area contributed by atoms with Crippen LogP contribution in [0.15, 0.2) is 18.5 Å². The first kappa shape index (κ1) is 11.0. The summed E-state index contributed by atoms with van der Waals surface area (Å²) >= 11 is 0. The quantitative estimate of drug-likeness (QED) is 0.816. The van der Waals surface area contributed by atoms with Gasteiger partial charge in [-0.1, -0.05) is 0 Å². The van der Waals surface area contributed by atoms with E-state index in [4.69, 9.17) is 5.11 Å². The summed E-state index contributed by atoms with van der Waals surface area (Å²) in [4.78, 5) is 21.3. The first-order chi connectivity index (χ1) is 7.75. The largest absolute Gasteiger partial charge is 0.481 e. The highest BCUT2D eigenvalue weighted by molar-refractivity contribution is 5.70. The number of carbonyl (C=O) groups is 1. The van der Waals surface area contributed by atoms with Gasteiger partial charge in [0.1, 0.15) is 5.82 Å². The third-order valence-corrected chi connectivity index (χ3v) is 2.84. The van der Waals surface area contributed by atoms with Gasteiger partial charge in [0, 0.05) is 18.9 Å². The van der Waals surface area contributed by atoms with E-state index in [1.165, 1.54) is 0 Å². The molecule has 1 fully saturated rings. The van der Waals surface area contributed by atoms with Crippen molar-refractivity contribution in [3.63, 3.8) is 0 Å². The molecular weight excluding hydrogens is 206 g/mol. The third-order valence-electron chi connectivity index (χ3n) is 2.84. The minimum Gasteiger partial charge on any atom is -0.481 e. The molecule has 0 bridgehead atoms. The van der Waals surface area contributed by atoms with Crippen molar-refractivity contribution in [3.05, 3.63) is 24.3 Å². The molecule has 2 heterocycles. The predicted molar refractivity (Wildman–Crippen MR) is 57.7 cm³/mol. The second-order valence-electron chi connectivity index (χ2n) is 4.08. The van der Waals surface area contributed by atoms with Crippen LogP contribution in [0.1, 0.15) is 18.7 Å². The van der Waals surface area contributed by atoms with Crippen LogP contribution >= 0.6 is 0 Å². The number of piperidine rings is 1. The number of carboxylic acids is 1. The average Bonchev–Trinajstić information content (AvgIpc) is 2.30. The zero-order valence-electron chi connectivity index (χ0n) is 9.04. The standard InChI is InChI=1S/C11H15N3O2/c15-11(16)9-3-1-6-14(7-9)8-10-12-4-2-5-13-10/h2,4-5,9H,1,3,6-8H2,(H,15,16)/t9-/m1/s1. The van der Waals surface area contributed by atoms with E-state index >= 15 is 0 Å². The molecule has 0 saturated carbocycles. The second-order valence-corrected chi connectivity index (χ2v) is 4.08. The van der Waals surface area contributed by atoms with Crippen LogP contribution in [-0.2, 0) is 11.3 Å². The fraction of sp³-hybridized carbons (Fsp3) is 0.545. The summed E-state index contributed by atoms with van der Waals surface area (Å²) in [5, 5.41) is 8.96. The van der Waals surface area contributed by atoms with Gasteiger partial charge in [0.05, 0.1) is 12.5 Å². The molecule has 1 N–H and O–H groups in total. The van der Waals surface area contributed by atoms with Gasteiger partial charge in [-0.25, -0.2) is 9.97 Å². The SMILES string of the molecule is O=C(O)[C@@H]1CCCN(Cc2ncccn2)C1. The number of rotatable bonds is 3. The van der Waals surface area contributed by atoms with Crippen LogP contribution in [-0.4, -0.2) is 39.0 Å². The van der Waals surface area contributed by atoms with Crippen molar-refractivity contribution in [1.82, 2.24) is 14.9 Å². The van der Waals surface area contributed by atoms with Crippen LogP contribution in [0.25, 0.3) is 0 Å². The van der Waals surface area contributed by atoms with Gasteiger partial charge in [-0.15, -0.1) is 0 Å². The van der Waals surface area contributed by atoms with Gasteiger partial charge >= 0.3 is 5.97 Å². The highest BCUT2D eigenvalue weighted by atomic mass is 16.4. The predicted octanol–water partition coefficient (Wildman–Crippen LogP) is 0.773. The van der Waals surface area contributed by atoms with Crippen molar-refractivity contribution in [3.8, 4) is 0 Å². The van der Waals surface area contributed by atoms with Gasteiger partial charge < -0.3 is 5.11 Å². The Balaban J connectivity index is 1.93. The van der Waals surface area contributed by atoms with Crippen molar-refractivity contribution in [2.45, 2.75) is 19.4 Å². The molecule has 16 heavy (non-hydrogen) atoms. The van der Waals surface area contributed by atoms with Crippen LogP contribution in [0.5, 0.6) is 0 Å². The number of aliphatic carboxylic acids is 1. The lowest BCUT2D eigenvalue weighted by molar-refractivity contribution is -0.143. The van der Waals surface area contributed by atoms with E-state index in [2.05, 4.69) is 14.9 Å². The molecule has 1 saturated heterocycles. The van der Waals surface area contributed by atoms with Crippen molar-refractivity contribution in [1.29, 1.82) is 0 Å². The molecule has 1 atom stereocenters. The highest BCUT2D eigenvalue weighted by Crippen LogP contribution is 2.17. The van der Waals surface area contributed by atoms with E-state index in [0.717, 1.165) is 25.2 Å². The Hall–Kier alpha value is -1.49. The summed E-state index contributed by atoms with van der Waals surface area (Å²) in [5.74, 6) is -0.176. The van der Waals surface area contributed by atoms with E-state index in [-0.39, 0.29) is 5.92 Å². The molecule has 0 aromatic carbocycles. The Morgan fingerprint density at radius 2 is 2.25 bits per heavy atom. The van der Waals surface area contributed by atoms with Gasteiger partial charge in [-0.2, -0.15) is 0 Å². The second kappa shape index (κ2) is 5.03. The maximum Gasteiger partial charge on any atom is 0.307 e. The molecule has 0 amide bonds. The fourth-order valence-electron chi connectivity index (χ4n) is 2.01. The van der Waals surface area contributed by atoms with Crippen LogP contribution in [0.3, 0.4) is 0 Å². The molecule has 2 rings (SSSR count). The number of aromatic nitrogens is 2. The molecule has 0 unspecified atom stereocenters. The summed E-state index contributed by atoms with van der Waals surface area (Å²) in [6, 6.07) is 1.78. The average molecular weight is 221 g/mol. The molecule has 5 heteroatoms. The number of carboxylic acid groups (broad SMARTS) is 1. The molecule has 0 radical (unpaired) electrons. The van der Waals surface area contributed by atoms with E-state index in [0.29, 0.717) is 13.1 Å². The number of likely N-dealkylation sites (tertiary alicyclic amines) is 1. The summed E-state index contributed by atoms with van der Waals surface area (Å²) in [7, 11) is 0. The Morgan fingerprint density at radius 1 is 1.50 bits per heavy atom. The number of hydrogen-bond donors (Lipinski definition) is 1. The fourth-order valence-corrected chi connectivity index (χ4v) is 2.01. The van der Waals surface area contributed by atoms with E-state index in [1.807, 2.05) is 0 Å². The van der Waals surface area contributed by atoms with Gasteiger partial charge in [-0.05, 0) is 25.5 Å². The van der Waals surface area contributed by atoms with E-state index in [1.54, 1.807) is 18.5 Å².